The number of aryl methyl sites for hydroxylation is 1. The second kappa shape index (κ2) is 7.57. The van der Waals surface area contributed by atoms with Crippen molar-refractivity contribution in [2.45, 2.75) is 31.9 Å². The van der Waals surface area contributed by atoms with E-state index in [1.165, 1.54) is 0 Å². The number of rotatable bonds is 4. The van der Waals surface area contributed by atoms with Crippen molar-refractivity contribution < 1.29 is 9.53 Å². The van der Waals surface area contributed by atoms with Crippen LogP contribution >= 0.6 is 12.4 Å². The van der Waals surface area contributed by atoms with E-state index in [0.717, 1.165) is 16.8 Å². The van der Waals surface area contributed by atoms with Crippen molar-refractivity contribution in [2.24, 2.45) is 5.92 Å². The van der Waals surface area contributed by atoms with Crippen molar-refractivity contribution in [3.8, 4) is 0 Å². The zero-order valence-corrected chi connectivity index (χ0v) is 16.2. The molecule has 1 aliphatic rings. The maximum absolute atomic E-state index is 13.3. The summed E-state index contributed by atoms with van der Waals surface area (Å²) in [7, 11) is 0. The molecule has 0 bridgehead atoms. The van der Waals surface area contributed by atoms with Gasteiger partial charge in [-0.15, -0.1) is 12.4 Å². The zero-order chi connectivity index (χ0) is 18.1. The largest absolute Gasteiger partial charge is 0.459 e. The topological polar surface area (TPSA) is 44.1 Å². The van der Waals surface area contributed by atoms with Gasteiger partial charge >= 0.3 is 5.97 Å². The van der Waals surface area contributed by atoms with Gasteiger partial charge in [0, 0.05) is 12.1 Å². The van der Waals surface area contributed by atoms with E-state index in [-0.39, 0.29) is 30.4 Å². The summed E-state index contributed by atoms with van der Waals surface area (Å²) in [5.41, 5.74) is 2.11. The maximum Gasteiger partial charge on any atom is 0.321 e. The van der Waals surface area contributed by atoms with Gasteiger partial charge in [0.15, 0.2) is 0 Å². The third-order valence-electron chi connectivity index (χ3n) is 5.42. The summed E-state index contributed by atoms with van der Waals surface area (Å²) in [6, 6.07) is 21.9. The first-order valence-electron chi connectivity index (χ1n) is 8.94. The first-order chi connectivity index (χ1) is 12.6. The average molecular weight is 383 g/mol. The van der Waals surface area contributed by atoms with Crippen molar-refractivity contribution in [1.82, 2.24) is 9.78 Å². The summed E-state index contributed by atoms with van der Waals surface area (Å²) >= 11 is 0. The van der Waals surface area contributed by atoms with Crippen LogP contribution in [0.15, 0.2) is 72.9 Å². The number of nitrogens with zero attached hydrogens (tertiary/aromatic N) is 2. The van der Waals surface area contributed by atoms with Crippen molar-refractivity contribution in [2.75, 3.05) is 0 Å². The normalized spacial score (nSPS) is 20.7. The number of carbonyl (C=O) groups is 1. The van der Waals surface area contributed by atoms with Gasteiger partial charge in [0.2, 0.25) is 0 Å². The zero-order valence-electron chi connectivity index (χ0n) is 15.4. The lowest BCUT2D eigenvalue weighted by atomic mass is 9.66. The van der Waals surface area contributed by atoms with Crippen LogP contribution < -0.4 is 0 Å². The minimum Gasteiger partial charge on any atom is -0.459 e. The SMILES string of the molecule is Cc1ccn(CC2OC(=O)C(c3ccccc3)(c3ccccc3)C2C)n1.Cl. The highest BCUT2D eigenvalue weighted by Gasteiger charge is 2.57. The summed E-state index contributed by atoms with van der Waals surface area (Å²) in [6.07, 6.45) is 1.70. The molecular formula is C22H23ClN2O2. The highest BCUT2D eigenvalue weighted by Crippen LogP contribution is 2.47. The monoisotopic (exact) mass is 382 g/mol. The molecule has 5 heteroatoms. The van der Waals surface area contributed by atoms with Crippen LogP contribution in [0.1, 0.15) is 23.7 Å². The summed E-state index contributed by atoms with van der Waals surface area (Å²) in [5.74, 6) is -0.208. The molecule has 0 spiro atoms. The second-order valence-electron chi connectivity index (χ2n) is 6.95. The Balaban J connectivity index is 0.00000210. The van der Waals surface area contributed by atoms with E-state index in [9.17, 15) is 4.79 Å². The Morgan fingerprint density at radius 3 is 2.04 bits per heavy atom. The van der Waals surface area contributed by atoms with Gasteiger partial charge in [-0.1, -0.05) is 67.6 Å². The standard InChI is InChI=1S/C22H22N2O2.ClH/c1-16-13-14-24(23-16)15-20-17(2)22(21(25)26-20,18-9-5-3-6-10-18)19-11-7-4-8-12-19;/h3-14,17,20H,15H2,1-2H3;1H. The first-order valence-corrected chi connectivity index (χ1v) is 8.94. The third-order valence-corrected chi connectivity index (χ3v) is 5.42. The summed E-state index contributed by atoms with van der Waals surface area (Å²) < 4.78 is 7.77. The lowest BCUT2D eigenvalue weighted by Crippen LogP contribution is -2.39. The number of hydrogen-bond acceptors (Lipinski definition) is 3. The van der Waals surface area contributed by atoms with Crippen molar-refractivity contribution >= 4 is 18.4 Å². The van der Waals surface area contributed by atoms with Gasteiger partial charge < -0.3 is 4.74 Å². The van der Waals surface area contributed by atoms with Crippen LogP contribution in [0, 0.1) is 12.8 Å². The molecule has 1 saturated heterocycles. The lowest BCUT2D eigenvalue weighted by Gasteiger charge is -2.31. The Bertz CT molecular complexity index is 869. The van der Waals surface area contributed by atoms with Gasteiger partial charge in [0.05, 0.1) is 12.2 Å². The number of carbonyl (C=O) groups excluding carboxylic acids is 1. The van der Waals surface area contributed by atoms with Crippen molar-refractivity contribution in [3.63, 3.8) is 0 Å². The number of cyclic esters (lactones) is 1. The van der Waals surface area contributed by atoms with Gasteiger partial charge in [0.25, 0.3) is 0 Å². The molecule has 1 aromatic heterocycles. The molecule has 0 radical (unpaired) electrons. The molecule has 0 aliphatic carbocycles. The Morgan fingerprint density at radius 1 is 1.00 bits per heavy atom. The third kappa shape index (κ3) is 3.15. The Kier molecular flexibility index (Phi) is 5.38. The fourth-order valence-electron chi connectivity index (χ4n) is 4.07. The van der Waals surface area contributed by atoms with Crippen molar-refractivity contribution in [3.05, 3.63) is 89.7 Å². The fraction of sp³-hybridized carbons (Fsp3) is 0.273. The van der Waals surface area contributed by atoms with E-state index in [2.05, 4.69) is 12.0 Å². The van der Waals surface area contributed by atoms with E-state index in [1.54, 1.807) is 0 Å². The van der Waals surface area contributed by atoms with Gasteiger partial charge in [-0.3, -0.25) is 9.48 Å². The average Bonchev–Trinajstić information content (AvgIpc) is 3.18. The van der Waals surface area contributed by atoms with E-state index < -0.39 is 5.41 Å². The number of esters is 1. The van der Waals surface area contributed by atoms with Crippen LogP contribution in [0.3, 0.4) is 0 Å². The Hall–Kier alpha value is -2.59. The van der Waals surface area contributed by atoms with E-state index in [4.69, 9.17) is 4.74 Å². The number of ether oxygens (including phenoxy) is 1. The molecule has 0 saturated carbocycles. The van der Waals surface area contributed by atoms with Crippen LogP contribution in [0.4, 0.5) is 0 Å². The molecule has 3 aromatic rings. The Labute approximate surface area is 165 Å². The highest BCUT2D eigenvalue weighted by atomic mass is 35.5. The molecule has 0 amide bonds. The van der Waals surface area contributed by atoms with Gasteiger partial charge in [0.1, 0.15) is 11.5 Å². The molecule has 27 heavy (non-hydrogen) atoms. The molecule has 140 valence electrons. The number of hydrogen-bond donors (Lipinski definition) is 0. The molecule has 2 unspecified atom stereocenters. The van der Waals surface area contributed by atoms with Crippen molar-refractivity contribution in [1.29, 1.82) is 0 Å². The molecule has 2 atom stereocenters. The van der Waals surface area contributed by atoms with Crippen LogP contribution in [0.5, 0.6) is 0 Å². The maximum atomic E-state index is 13.3. The quantitative estimate of drug-likeness (QED) is 0.636. The van der Waals surface area contributed by atoms with Crippen LogP contribution in [0.2, 0.25) is 0 Å². The number of halogens is 1. The molecular weight excluding hydrogens is 360 g/mol. The molecule has 1 aliphatic heterocycles. The van der Waals surface area contributed by atoms with Gasteiger partial charge in [-0.25, -0.2) is 0 Å². The van der Waals surface area contributed by atoms with Gasteiger partial charge in [-0.2, -0.15) is 5.10 Å². The molecule has 2 aromatic carbocycles. The first kappa shape index (κ1) is 19.2. The minimum atomic E-state index is -0.796. The highest BCUT2D eigenvalue weighted by molar-refractivity contribution is 5.90. The van der Waals surface area contributed by atoms with Crippen LogP contribution in [0.25, 0.3) is 0 Å². The fourth-order valence-corrected chi connectivity index (χ4v) is 4.07. The molecule has 0 N–H and O–H groups in total. The van der Waals surface area contributed by atoms with Crippen LogP contribution in [-0.2, 0) is 21.5 Å². The second-order valence-corrected chi connectivity index (χ2v) is 6.95. The predicted octanol–water partition coefficient (Wildman–Crippen LogP) is 4.16. The lowest BCUT2D eigenvalue weighted by molar-refractivity contribution is -0.145. The summed E-state index contributed by atoms with van der Waals surface area (Å²) in [6.45, 7) is 4.62. The number of aromatic nitrogens is 2. The van der Waals surface area contributed by atoms with Gasteiger partial charge in [-0.05, 0) is 24.1 Å². The number of benzene rings is 2. The predicted molar refractivity (Wildman–Crippen MR) is 107 cm³/mol. The van der Waals surface area contributed by atoms with E-state index in [1.807, 2.05) is 84.5 Å². The smallest absolute Gasteiger partial charge is 0.321 e. The van der Waals surface area contributed by atoms with E-state index >= 15 is 0 Å². The minimum absolute atomic E-state index is 0. The molecule has 4 nitrogen and oxygen atoms in total. The molecule has 4 rings (SSSR count). The molecule has 2 heterocycles. The Morgan fingerprint density at radius 2 is 1.56 bits per heavy atom. The van der Waals surface area contributed by atoms with E-state index in [0.29, 0.717) is 6.54 Å². The summed E-state index contributed by atoms with van der Waals surface area (Å²) in [5, 5.41) is 4.45. The molecule has 1 fully saturated rings. The summed E-state index contributed by atoms with van der Waals surface area (Å²) in [4.78, 5) is 13.3. The van der Waals surface area contributed by atoms with Crippen LogP contribution in [-0.4, -0.2) is 21.9 Å².